The van der Waals surface area contributed by atoms with Gasteiger partial charge in [-0.15, -0.1) is 0 Å². The molecule has 0 saturated heterocycles. The molecule has 0 spiro atoms. The first-order valence-electron chi connectivity index (χ1n) is 2.87. The van der Waals surface area contributed by atoms with Gasteiger partial charge in [0.2, 0.25) is 0 Å². The van der Waals surface area contributed by atoms with Crippen molar-refractivity contribution in [2.24, 2.45) is 0 Å². The summed E-state index contributed by atoms with van der Waals surface area (Å²) in [6.45, 7) is 0. The van der Waals surface area contributed by atoms with Crippen LogP contribution >= 0.6 is 22.6 Å². The van der Waals surface area contributed by atoms with Gasteiger partial charge in [0.15, 0.2) is 0 Å². The van der Waals surface area contributed by atoms with E-state index in [1.165, 1.54) is 0 Å². The van der Waals surface area contributed by atoms with E-state index in [1.54, 1.807) is 27.6 Å². The summed E-state index contributed by atoms with van der Waals surface area (Å²) in [5.74, 6) is 0. The Morgan fingerprint density at radius 1 is 1.33 bits per heavy atom. The molecule has 0 fully saturated rings. The van der Waals surface area contributed by atoms with E-state index in [9.17, 15) is 18.0 Å². The molecule has 0 saturated carbocycles. The Labute approximate surface area is 78.9 Å². The lowest BCUT2D eigenvalue weighted by Crippen LogP contribution is -2.17. The number of H-pyrrole nitrogens is 1. The molecule has 1 heterocycles. The van der Waals surface area contributed by atoms with Crippen molar-refractivity contribution >= 4 is 22.6 Å². The van der Waals surface area contributed by atoms with Crippen molar-refractivity contribution in [3.63, 3.8) is 0 Å². The second-order valence-corrected chi connectivity index (χ2v) is 3.21. The van der Waals surface area contributed by atoms with Gasteiger partial charge >= 0.3 is 6.18 Å². The molecule has 0 aliphatic rings. The molecule has 0 aliphatic heterocycles. The fourth-order valence-electron chi connectivity index (χ4n) is 0.621. The molecule has 1 aromatic rings. The Hall–Kier alpha value is -0.530. The number of alkyl halides is 3. The zero-order valence-electron chi connectivity index (χ0n) is 5.57. The minimum absolute atomic E-state index is 0.237. The van der Waals surface area contributed by atoms with Crippen molar-refractivity contribution in [2.45, 2.75) is 6.18 Å². The molecule has 66 valence electrons. The van der Waals surface area contributed by atoms with Crippen LogP contribution in [0.5, 0.6) is 0 Å². The van der Waals surface area contributed by atoms with Crippen LogP contribution in [-0.2, 0) is 6.18 Å². The van der Waals surface area contributed by atoms with E-state index >= 15 is 0 Å². The van der Waals surface area contributed by atoms with E-state index < -0.39 is 17.4 Å². The van der Waals surface area contributed by atoms with Gasteiger partial charge in [-0.25, -0.2) is 0 Å². The number of rotatable bonds is 0. The van der Waals surface area contributed by atoms with E-state index in [1.807, 2.05) is 0 Å². The van der Waals surface area contributed by atoms with Gasteiger partial charge in [-0.1, -0.05) is 0 Å². The first-order chi connectivity index (χ1) is 5.41. The molecule has 0 aromatic carbocycles. The van der Waals surface area contributed by atoms with Crippen molar-refractivity contribution in [1.29, 1.82) is 0 Å². The molecule has 0 atom stereocenters. The second-order valence-electron chi connectivity index (χ2n) is 2.05. The van der Waals surface area contributed by atoms with Gasteiger partial charge in [0.05, 0.1) is 3.57 Å². The number of aromatic nitrogens is 1. The average molecular weight is 289 g/mol. The molecule has 0 unspecified atom stereocenters. The van der Waals surface area contributed by atoms with E-state index in [-0.39, 0.29) is 3.57 Å². The van der Waals surface area contributed by atoms with Crippen LogP contribution in [0, 0.1) is 3.57 Å². The van der Waals surface area contributed by atoms with Gasteiger partial charge in [0, 0.05) is 0 Å². The Kier molecular flexibility index (Phi) is 2.45. The highest BCUT2D eigenvalue weighted by Crippen LogP contribution is 2.26. The topological polar surface area (TPSA) is 32.9 Å². The second kappa shape index (κ2) is 3.08. The summed E-state index contributed by atoms with van der Waals surface area (Å²) in [7, 11) is 0. The quantitative estimate of drug-likeness (QED) is 0.728. The summed E-state index contributed by atoms with van der Waals surface area (Å²) < 4.78 is 36.0. The Morgan fingerprint density at radius 3 is 2.33 bits per heavy atom. The van der Waals surface area contributed by atoms with Crippen LogP contribution in [0.15, 0.2) is 16.9 Å². The molecule has 12 heavy (non-hydrogen) atoms. The molecule has 1 N–H and O–H groups in total. The molecule has 0 bridgehead atoms. The Balaban J connectivity index is 3.23. The molecule has 0 aliphatic carbocycles. The number of hydrogen-bond acceptors (Lipinski definition) is 1. The first-order valence-corrected chi connectivity index (χ1v) is 3.95. The van der Waals surface area contributed by atoms with Crippen LogP contribution < -0.4 is 5.56 Å². The number of nitrogens with one attached hydrogen (secondary N) is 1. The molecule has 0 radical (unpaired) electrons. The van der Waals surface area contributed by atoms with E-state index in [0.717, 1.165) is 12.1 Å². The summed E-state index contributed by atoms with van der Waals surface area (Å²) in [5, 5.41) is 0. The predicted molar refractivity (Wildman–Crippen MR) is 44.8 cm³/mol. The zero-order chi connectivity index (χ0) is 9.35. The standard InChI is InChI=1S/C6H3F3INO/c7-6(8,9)4-2-1-3(10)5(12)11-4/h1-2H,(H,11,12). The average Bonchev–Trinajstić information content (AvgIpc) is 1.92. The summed E-state index contributed by atoms with van der Waals surface area (Å²) in [5.41, 5.74) is -1.74. The van der Waals surface area contributed by atoms with Crippen LogP contribution in [-0.4, -0.2) is 4.98 Å². The number of pyridine rings is 1. The molecule has 1 rings (SSSR count). The zero-order valence-corrected chi connectivity index (χ0v) is 7.73. The summed E-state index contributed by atoms with van der Waals surface area (Å²) >= 11 is 1.66. The monoisotopic (exact) mass is 289 g/mol. The maximum Gasteiger partial charge on any atom is 0.431 e. The van der Waals surface area contributed by atoms with Crippen molar-refractivity contribution < 1.29 is 13.2 Å². The van der Waals surface area contributed by atoms with Crippen LogP contribution in [0.2, 0.25) is 0 Å². The molecular weight excluding hydrogens is 286 g/mol. The van der Waals surface area contributed by atoms with Crippen LogP contribution in [0.25, 0.3) is 0 Å². The molecule has 2 nitrogen and oxygen atoms in total. The van der Waals surface area contributed by atoms with Crippen molar-refractivity contribution in [2.75, 3.05) is 0 Å². The highest BCUT2D eigenvalue weighted by atomic mass is 127. The molecule has 0 amide bonds. The third kappa shape index (κ3) is 1.99. The lowest BCUT2D eigenvalue weighted by Gasteiger charge is -2.04. The summed E-state index contributed by atoms with van der Waals surface area (Å²) in [4.78, 5) is 12.5. The largest absolute Gasteiger partial charge is 0.431 e. The van der Waals surface area contributed by atoms with Crippen LogP contribution in [0.3, 0.4) is 0 Å². The predicted octanol–water partition coefficient (Wildman–Crippen LogP) is 2.00. The lowest BCUT2D eigenvalue weighted by atomic mass is 10.3. The van der Waals surface area contributed by atoms with Gasteiger partial charge in [0.1, 0.15) is 5.69 Å². The van der Waals surface area contributed by atoms with Gasteiger partial charge < -0.3 is 4.98 Å². The van der Waals surface area contributed by atoms with Crippen molar-refractivity contribution in [3.8, 4) is 0 Å². The van der Waals surface area contributed by atoms with Gasteiger partial charge in [-0.2, -0.15) is 13.2 Å². The Morgan fingerprint density at radius 2 is 1.92 bits per heavy atom. The van der Waals surface area contributed by atoms with Crippen molar-refractivity contribution in [1.82, 2.24) is 4.98 Å². The lowest BCUT2D eigenvalue weighted by molar-refractivity contribution is -0.141. The fraction of sp³-hybridized carbons (Fsp3) is 0.167. The van der Waals surface area contributed by atoms with Crippen LogP contribution in [0.1, 0.15) is 5.69 Å². The van der Waals surface area contributed by atoms with E-state index in [0.29, 0.717) is 0 Å². The van der Waals surface area contributed by atoms with E-state index in [2.05, 4.69) is 0 Å². The first kappa shape index (κ1) is 9.56. The minimum Gasteiger partial charge on any atom is -0.317 e. The molecule has 6 heteroatoms. The smallest absolute Gasteiger partial charge is 0.317 e. The summed E-state index contributed by atoms with van der Waals surface area (Å²) in [6.07, 6.45) is -4.48. The highest BCUT2D eigenvalue weighted by Gasteiger charge is 2.31. The molecular formula is C6H3F3INO. The van der Waals surface area contributed by atoms with Crippen LogP contribution in [0.4, 0.5) is 13.2 Å². The minimum atomic E-state index is -4.48. The Bertz CT molecular complexity index is 343. The molecule has 1 aromatic heterocycles. The van der Waals surface area contributed by atoms with Crippen molar-refractivity contribution in [3.05, 3.63) is 31.8 Å². The number of aromatic amines is 1. The summed E-state index contributed by atoms with van der Waals surface area (Å²) in [6, 6.07) is 1.96. The van der Waals surface area contributed by atoms with Gasteiger partial charge in [0.25, 0.3) is 5.56 Å². The highest BCUT2D eigenvalue weighted by molar-refractivity contribution is 14.1. The normalized spacial score (nSPS) is 11.7. The van der Waals surface area contributed by atoms with E-state index in [4.69, 9.17) is 0 Å². The maximum absolute atomic E-state index is 11.9. The maximum atomic E-state index is 11.9. The number of halogens is 4. The third-order valence-electron chi connectivity index (χ3n) is 1.17. The third-order valence-corrected chi connectivity index (χ3v) is 2.02. The fourth-order valence-corrected chi connectivity index (χ4v) is 0.936. The number of hydrogen-bond donors (Lipinski definition) is 1. The SMILES string of the molecule is O=c1[nH]c(C(F)(F)F)ccc1I. The van der Waals surface area contributed by atoms with Gasteiger partial charge in [-0.05, 0) is 34.7 Å². The van der Waals surface area contributed by atoms with Gasteiger partial charge in [-0.3, -0.25) is 4.79 Å².